The summed E-state index contributed by atoms with van der Waals surface area (Å²) >= 11 is 1.86. The summed E-state index contributed by atoms with van der Waals surface area (Å²) in [6.45, 7) is -0.0434. The van der Waals surface area contributed by atoms with Crippen LogP contribution >= 0.6 is 22.6 Å². The second-order valence-electron chi connectivity index (χ2n) is 11.5. The molecule has 0 spiro atoms. The number of hydrogen-bond acceptors (Lipinski definition) is 9. The first-order chi connectivity index (χ1) is 22.5. The highest BCUT2D eigenvalue weighted by Crippen LogP contribution is 2.50. The Kier molecular flexibility index (Phi) is 7.41. The number of fused-ring (bicyclic) bond motifs is 4. The SMILES string of the molecule is COc1cc2nc(CCn3c(=O)n4n(c3=O)[C@@H]3CC5=C(C(=O)C(I)=CC5=O)[C@@H](c5ccc(O)cc5)C3=CC4)c(=O)n(C)c2cc1OC. The van der Waals surface area contributed by atoms with Gasteiger partial charge in [0.05, 0.1) is 41.4 Å². The van der Waals surface area contributed by atoms with Gasteiger partial charge in [0.25, 0.3) is 5.56 Å². The van der Waals surface area contributed by atoms with Crippen molar-refractivity contribution in [1.29, 1.82) is 0 Å². The van der Waals surface area contributed by atoms with Crippen molar-refractivity contribution >= 4 is 45.2 Å². The Hall–Kier alpha value is -4.99. The third-order valence-corrected chi connectivity index (χ3v) is 9.93. The maximum Gasteiger partial charge on any atom is 0.347 e. The fourth-order valence-corrected chi connectivity index (χ4v) is 7.42. The predicted octanol–water partition coefficient (Wildman–Crippen LogP) is 2.46. The van der Waals surface area contributed by atoms with Crippen LogP contribution in [0.4, 0.5) is 0 Å². The number of aryl methyl sites for hydroxylation is 2. The summed E-state index contributed by atoms with van der Waals surface area (Å²) in [5.74, 6) is -0.296. The number of hydrogen-bond donors (Lipinski definition) is 1. The zero-order valence-corrected chi connectivity index (χ0v) is 27.7. The van der Waals surface area contributed by atoms with Crippen LogP contribution < -0.4 is 26.4 Å². The quantitative estimate of drug-likeness (QED) is 0.178. The van der Waals surface area contributed by atoms with Gasteiger partial charge in [0, 0.05) is 61.7 Å². The van der Waals surface area contributed by atoms with Gasteiger partial charge in [-0.2, -0.15) is 0 Å². The van der Waals surface area contributed by atoms with E-state index in [0.717, 1.165) is 10.1 Å². The largest absolute Gasteiger partial charge is 0.508 e. The van der Waals surface area contributed by atoms with E-state index in [1.54, 1.807) is 31.3 Å². The van der Waals surface area contributed by atoms with Gasteiger partial charge in [-0.25, -0.2) is 28.5 Å². The van der Waals surface area contributed by atoms with E-state index < -0.39 is 23.3 Å². The lowest BCUT2D eigenvalue weighted by Crippen LogP contribution is -2.40. The average molecular weight is 750 g/mol. The Balaban J connectivity index is 1.28. The third-order valence-electron chi connectivity index (χ3n) is 9.13. The smallest absolute Gasteiger partial charge is 0.347 e. The molecule has 0 bridgehead atoms. The van der Waals surface area contributed by atoms with Crippen molar-refractivity contribution in [2.24, 2.45) is 7.05 Å². The van der Waals surface area contributed by atoms with Crippen LogP contribution in [0.15, 0.2) is 83.2 Å². The maximum absolute atomic E-state index is 14.0. The molecular formula is C33H28IN5O8. The Morgan fingerprint density at radius 3 is 2.40 bits per heavy atom. The number of allylic oxidation sites excluding steroid dienone is 6. The highest BCUT2D eigenvalue weighted by Gasteiger charge is 2.45. The maximum atomic E-state index is 14.0. The zero-order valence-electron chi connectivity index (χ0n) is 25.5. The van der Waals surface area contributed by atoms with Crippen LogP contribution in [0.2, 0.25) is 0 Å². The predicted molar refractivity (Wildman–Crippen MR) is 178 cm³/mol. The Morgan fingerprint density at radius 2 is 1.70 bits per heavy atom. The van der Waals surface area contributed by atoms with Crippen molar-refractivity contribution in [3.8, 4) is 17.2 Å². The van der Waals surface area contributed by atoms with Crippen LogP contribution in [0, 0.1) is 0 Å². The standard InChI is InChI=1S/C33H28IN5O8/c1-36-24-15-27(47-3)26(46-2)14-22(24)35-21(31(36)43)9-10-37-32(44)38-11-8-18-23(39(38)33(37)45)12-19-25(41)13-20(34)30(42)29(19)28(18)16-4-6-17(40)7-5-16/h4-8,13-15,23,28,40H,9-12H2,1-3H3/t23-,28+/m1/s1. The van der Waals surface area contributed by atoms with Crippen molar-refractivity contribution in [2.45, 2.75) is 37.9 Å². The first-order valence-corrected chi connectivity index (χ1v) is 15.8. The molecule has 0 saturated carbocycles. The number of methoxy groups -OCH3 is 2. The molecule has 7 rings (SSSR count). The number of aromatic hydroxyl groups is 1. The summed E-state index contributed by atoms with van der Waals surface area (Å²) in [7, 11) is 4.60. The van der Waals surface area contributed by atoms with Gasteiger partial charge >= 0.3 is 11.4 Å². The van der Waals surface area contributed by atoms with Gasteiger partial charge in [-0.15, -0.1) is 0 Å². The monoisotopic (exact) mass is 749 g/mol. The first-order valence-electron chi connectivity index (χ1n) is 14.8. The minimum absolute atomic E-state index is 0.00270. The van der Waals surface area contributed by atoms with E-state index in [1.807, 2.05) is 28.7 Å². The van der Waals surface area contributed by atoms with Gasteiger partial charge in [0.2, 0.25) is 0 Å². The lowest BCUT2D eigenvalue weighted by Gasteiger charge is -2.39. The number of carbonyl (C=O) groups is 2. The normalized spacial score (nSPS) is 18.8. The van der Waals surface area contributed by atoms with E-state index in [-0.39, 0.29) is 54.5 Å². The molecule has 13 nitrogen and oxygen atoms in total. The highest BCUT2D eigenvalue weighted by molar-refractivity contribution is 14.1. The molecule has 240 valence electrons. The Bertz CT molecular complexity index is 2320. The molecule has 2 aromatic carbocycles. The second kappa shape index (κ2) is 11.4. The molecule has 0 radical (unpaired) electrons. The number of nitrogens with zero attached hydrogens (tertiary/aromatic N) is 5. The third kappa shape index (κ3) is 4.72. The van der Waals surface area contributed by atoms with Crippen LogP contribution in [0.25, 0.3) is 11.0 Å². The number of carbonyl (C=O) groups excluding carboxylic acids is 2. The van der Waals surface area contributed by atoms with E-state index in [9.17, 15) is 29.1 Å². The highest BCUT2D eigenvalue weighted by atomic mass is 127. The molecule has 14 heteroatoms. The second-order valence-corrected chi connectivity index (χ2v) is 12.7. The number of benzene rings is 2. The minimum atomic E-state index is -0.710. The van der Waals surface area contributed by atoms with Crippen molar-refractivity contribution < 1.29 is 24.2 Å². The summed E-state index contributed by atoms with van der Waals surface area (Å²) in [6.07, 6.45) is 3.20. The van der Waals surface area contributed by atoms with Crippen LogP contribution in [0.5, 0.6) is 17.2 Å². The van der Waals surface area contributed by atoms with Crippen molar-refractivity contribution in [1.82, 2.24) is 23.5 Å². The van der Waals surface area contributed by atoms with Crippen LogP contribution in [-0.4, -0.2) is 54.4 Å². The summed E-state index contributed by atoms with van der Waals surface area (Å²) < 4.78 is 16.2. The molecule has 1 N–H and O–H groups in total. The molecule has 0 saturated heterocycles. The molecule has 0 unspecified atom stereocenters. The van der Waals surface area contributed by atoms with Gasteiger partial charge in [-0.05, 0) is 45.9 Å². The molecular weight excluding hydrogens is 721 g/mol. The first kappa shape index (κ1) is 30.7. The molecule has 0 fully saturated rings. The molecule has 1 aliphatic heterocycles. The van der Waals surface area contributed by atoms with Crippen LogP contribution in [0.3, 0.4) is 0 Å². The average Bonchev–Trinajstić information content (AvgIpc) is 3.32. The van der Waals surface area contributed by atoms with Crippen molar-refractivity contribution in [3.63, 3.8) is 0 Å². The molecule has 47 heavy (non-hydrogen) atoms. The Morgan fingerprint density at radius 1 is 1.00 bits per heavy atom. The molecule has 0 amide bonds. The molecule has 2 aromatic heterocycles. The van der Waals surface area contributed by atoms with Gasteiger partial charge in [-0.1, -0.05) is 18.2 Å². The van der Waals surface area contributed by atoms with E-state index in [0.29, 0.717) is 42.8 Å². The summed E-state index contributed by atoms with van der Waals surface area (Å²) in [5.41, 5.74) is 1.69. The van der Waals surface area contributed by atoms with Crippen molar-refractivity contribution in [2.75, 3.05) is 14.2 Å². The lowest BCUT2D eigenvalue weighted by molar-refractivity contribution is -0.115. The van der Waals surface area contributed by atoms with Gasteiger partial charge in [0.15, 0.2) is 23.1 Å². The van der Waals surface area contributed by atoms with E-state index in [4.69, 9.17) is 9.47 Å². The van der Waals surface area contributed by atoms with Crippen molar-refractivity contribution in [3.05, 3.63) is 111 Å². The van der Waals surface area contributed by atoms with Gasteiger partial charge in [0.1, 0.15) is 11.4 Å². The number of Topliss-reactive ketones (excluding diaryl/α,β-unsaturated/α-hetero) is 1. The molecule has 3 aliphatic rings. The lowest BCUT2D eigenvalue weighted by atomic mass is 9.69. The van der Waals surface area contributed by atoms with Crippen LogP contribution in [0.1, 0.15) is 29.6 Å². The molecule has 3 heterocycles. The zero-order chi connectivity index (χ0) is 33.3. The van der Waals surface area contributed by atoms with E-state index in [1.165, 1.54) is 46.4 Å². The van der Waals surface area contributed by atoms with E-state index >= 15 is 0 Å². The number of ketones is 2. The summed E-state index contributed by atoms with van der Waals surface area (Å²) in [4.78, 5) is 72.2. The van der Waals surface area contributed by atoms with Crippen LogP contribution in [-0.2, 0) is 36.1 Å². The number of halogens is 1. The molecule has 2 atom stereocenters. The summed E-state index contributed by atoms with van der Waals surface area (Å²) in [6, 6.07) is 9.01. The molecule has 2 aliphatic carbocycles. The number of aromatic nitrogens is 5. The minimum Gasteiger partial charge on any atom is -0.508 e. The van der Waals surface area contributed by atoms with E-state index in [2.05, 4.69) is 4.98 Å². The fraction of sp³-hybridized carbons (Fsp3) is 0.273. The Labute approximate surface area is 279 Å². The number of phenolic OH excluding ortho intramolecular Hbond substituents is 1. The topological polar surface area (TPSA) is 157 Å². The number of rotatable bonds is 6. The number of ether oxygens (including phenoxy) is 2. The number of phenols is 1. The van der Waals surface area contributed by atoms with Gasteiger partial charge < -0.3 is 19.1 Å². The summed E-state index contributed by atoms with van der Waals surface area (Å²) in [5, 5.41) is 9.94. The molecule has 4 aromatic rings. The van der Waals surface area contributed by atoms with Gasteiger partial charge in [-0.3, -0.25) is 14.4 Å². The fourth-order valence-electron chi connectivity index (χ4n) is 6.84.